The molecule has 4 saturated carbocycles. The molecule has 0 spiro atoms. The lowest BCUT2D eigenvalue weighted by molar-refractivity contribution is -0.369. The number of rotatable bonds is 9. The van der Waals surface area contributed by atoms with Gasteiger partial charge in [-0.15, -0.1) is 0 Å². The van der Waals surface area contributed by atoms with E-state index >= 15 is 0 Å². The van der Waals surface area contributed by atoms with Crippen molar-refractivity contribution in [1.82, 2.24) is 0 Å². The van der Waals surface area contributed by atoms with Gasteiger partial charge in [-0.25, -0.2) is 4.79 Å². The van der Waals surface area contributed by atoms with Crippen molar-refractivity contribution in [1.29, 1.82) is 0 Å². The van der Waals surface area contributed by atoms with E-state index < -0.39 is 146 Å². The molecule has 7 fully saturated rings. The fourth-order valence-electron chi connectivity index (χ4n) is 15.2. The summed E-state index contributed by atoms with van der Waals surface area (Å²) in [6.45, 7) is 13.7. The molecule has 3 aliphatic heterocycles. The van der Waals surface area contributed by atoms with Crippen molar-refractivity contribution < 1.29 is 99.3 Å². The highest BCUT2D eigenvalue weighted by atomic mass is 16.7. The minimum Gasteiger partial charge on any atom is -0.479 e. The molecule has 0 aromatic rings. The molecule has 3 heterocycles. The maximum Gasteiger partial charge on any atom is 0.335 e. The number of aliphatic hydroxyl groups excluding tert-OH is 11. The van der Waals surface area contributed by atoms with Gasteiger partial charge in [0.25, 0.3) is 0 Å². The molecule has 24 atom stereocenters. The minimum atomic E-state index is -2.04. The number of allylic oxidation sites excluding steroid dienone is 2. The zero-order valence-corrected chi connectivity index (χ0v) is 40.0. The maximum atomic E-state index is 14.7. The second-order valence-electron chi connectivity index (χ2n) is 23.7. The highest BCUT2D eigenvalue weighted by molar-refractivity contribution is 5.79. The number of fused-ring (bicyclic) bond motifs is 7. The van der Waals surface area contributed by atoms with Gasteiger partial charge in [0, 0.05) is 0 Å². The molecule has 8 rings (SSSR count). The van der Waals surface area contributed by atoms with Crippen LogP contribution in [0.3, 0.4) is 0 Å². The van der Waals surface area contributed by atoms with Crippen LogP contribution in [0.5, 0.6) is 0 Å². The summed E-state index contributed by atoms with van der Waals surface area (Å²) >= 11 is 0. The van der Waals surface area contributed by atoms with Crippen LogP contribution in [0.1, 0.15) is 106 Å². The first-order chi connectivity index (χ1) is 31.6. The molecule has 5 aliphatic carbocycles. The predicted octanol–water partition coefficient (Wildman–Crippen LogP) is -0.796. The number of ether oxygens (including phenoxy) is 6. The van der Waals surface area contributed by atoms with Crippen LogP contribution < -0.4 is 0 Å². The van der Waals surface area contributed by atoms with Crippen molar-refractivity contribution in [2.45, 2.75) is 211 Å². The van der Waals surface area contributed by atoms with E-state index in [1.165, 1.54) is 5.57 Å². The van der Waals surface area contributed by atoms with E-state index in [1.54, 1.807) is 0 Å². The number of aliphatic hydroxyl groups is 11. The fourth-order valence-corrected chi connectivity index (χ4v) is 15.2. The van der Waals surface area contributed by atoms with Gasteiger partial charge in [-0.05, 0) is 103 Å². The van der Waals surface area contributed by atoms with Crippen LogP contribution in [-0.4, -0.2) is 191 Å². The van der Waals surface area contributed by atoms with Gasteiger partial charge in [0.2, 0.25) is 6.29 Å². The van der Waals surface area contributed by atoms with E-state index in [2.05, 4.69) is 40.7 Å². The van der Waals surface area contributed by atoms with Crippen LogP contribution in [0.25, 0.3) is 0 Å². The van der Waals surface area contributed by atoms with Crippen molar-refractivity contribution in [2.24, 2.45) is 50.2 Å². The lowest BCUT2D eigenvalue weighted by Crippen LogP contribution is -2.69. The second-order valence-corrected chi connectivity index (χ2v) is 23.7. The van der Waals surface area contributed by atoms with Crippen LogP contribution in [0.15, 0.2) is 11.6 Å². The van der Waals surface area contributed by atoms with Crippen LogP contribution in [0.2, 0.25) is 0 Å². The van der Waals surface area contributed by atoms with Gasteiger partial charge in [0.1, 0.15) is 67.1 Å². The van der Waals surface area contributed by atoms with E-state index in [9.17, 15) is 70.9 Å². The first kappa shape index (κ1) is 52.4. The summed E-state index contributed by atoms with van der Waals surface area (Å²) < 4.78 is 34.9. The van der Waals surface area contributed by atoms with Crippen LogP contribution in [-0.2, 0) is 38.0 Å². The molecule has 24 unspecified atom stereocenters. The molecule has 0 amide bonds. The molecule has 68 heavy (non-hydrogen) atoms. The standard InChI is InChI=1S/C48H76O20/c1-43(2)12-14-48(42(62)68-40-32(57)30(55)28(53)24(19-50)64-40)15-13-46(6)20(21(48)16-43)8-9-26-45(5)17-22(51)37(44(3,4)25(45)10-11-47(26,46)7)67-41-34(59)35(33(58)36(66-41)38(60)61)65-39-31(56)29(54)27(52)23(18-49)63-39/h8,21-37,39-41,49-59H,9-19H2,1-7H3,(H,60,61). The molecule has 388 valence electrons. The molecule has 20 nitrogen and oxygen atoms in total. The van der Waals surface area contributed by atoms with Gasteiger partial charge in [0.15, 0.2) is 18.7 Å². The molecule has 0 aromatic carbocycles. The molecule has 0 bridgehead atoms. The number of esters is 1. The molecule has 0 aromatic heterocycles. The fraction of sp³-hybridized carbons (Fsp3) is 0.917. The quantitative estimate of drug-likeness (QED) is 0.0765. The van der Waals surface area contributed by atoms with Crippen LogP contribution >= 0.6 is 0 Å². The Labute approximate surface area is 396 Å². The lowest BCUT2D eigenvalue weighted by Gasteiger charge is -2.71. The smallest absolute Gasteiger partial charge is 0.335 e. The first-order valence-corrected chi connectivity index (χ1v) is 24.4. The third-order valence-corrected chi connectivity index (χ3v) is 19.2. The Kier molecular flexibility index (Phi) is 14.0. The van der Waals surface area contributed by atoms with E-state index in [4.69, 9.17) is 28.4 Å². The van der Waals surface area contributed by atoms with Gasteiger partial charge in [-0.3, -0.25) is 4.79 Å². The number of carboxylic acid groups (broad SMARTS) is 1. The summed E-state index contributed by atoms with van der Waals surface area (Å²) in [4.78, 5) is 27.1. The van der Waals surface area contributed by atoms with Crippen LogP contribution in [0.4, 0.5) is 0 Å². The summed E-state index contributed by atoms with van der Waals surface area (Å²) in [7, 11) is 0. The van der Waals surface area contributed by atoms with Crippen molar-refractivity contribution in [3.05, 3.63) is 11.6 Å². The highest BCUT2D eigenvalue weighted by Gasteiger charge is 2.71. The van der Waals surface area contributed by atoms with E-state index in [0.29, 0.717) is 38.5 Å². The van der Waals surface area contributed by atoms with Gasteiger partial charge < -0.3 is 89.7 Å². The zero-order chi connectivity index (χ0) is 50.0. The molecule has 8 aliphatic rings. The summed E-state index contributed by atoms with van der Waals surface area (Å²) in [6, 6.07) is 0. The average Bonchev–Trinajstić information content (AvgIpc) is 3.26. The molecule has 0 radical (unpaired) electrons. The molecule has 3 saturated heterocycles. The Bertz CT molecular complexity index is 1910. The number of carbonyl (C=O) groups is 2. The highest BCUT2D eigenvalue weighted by Crippen LogP contribution is 2.76. The first-order valence-electron chi connectivity index (χ1n) is 24.4. The van der Waals surface area contributed by atoms with Crippen molar-refractivity contribution in [3.63, 3.8) is 0 Å². The van der Waals surface area contributed by atoms with Crippen molar-refractivity contribution in [3.8, 4) is 0 Å². The third kappa shape index (κ3) is 8.03. The maximum absolute atomic E-state index is 14.7. The van der Waals surface area contributed by atoms with E-state index in [1.807, 2.05) is 13.8 Å². The topological polar surface area (TPSA) is 332 Å². The molecule has 12 N–H and O–H groups in total. The molecular weight excluding hydrogens is 897 g/mol. The lowest BCUT2D eigenvalue weighted by atomic mass is 9.33. The van der Waals surface area contributed by atoms with Crippen molar-refractivity contribution in [2.75, 3.05) is 13.2 Å². The molecule has 20 heteroatoms. The summed E-state index contributed by atoms with van der Waals surface area (Å²) in [5.41, 5.74) is -1.90. The van der Waals surface area contributed by atoms with Gasteiger partial charge in [0.05, 0.1) is 30.8 Å². The average molecular weight is 973 g/mol. The number of aliphatic carboxylic acids is 1. The summed E-state index contributed by atoms with van der Waals surface area (Å²) in [5, 5.41) is 128. The van der Waals surface area contributed by atoms with Crippen molar-refractivity contribution >= 4 is 11.9 Å². The predicted molar refractivity (Wildman–Crippen MR) is 232 cm³/mol. The Morgan fingerprint density at radius 3 is 1.82 bits per heavy atom. The Morgan fingerprint density at radius 2 is 1.22 bits per heavy atom. The summed E-state index contributed by atoms with van der Waals surface area (Å²) in [5.74, 6) is -2.42. The minimum absolute atomic E-state index is 0.0434. The zero-order valence-electron chi connectivity index (χ0n) is 40.0. The largest absolute Gasteiger partial charge is 0.479 e. The summed E-state index contributed by atoms with van der Waals surface area (Å²) in [6.07, 6.45) is -20.5. The Balaban J connectivity index is 1.05. The second kappa shape index (κ2) is 18.2. The number of carbonyl (C=O) groups excluding carboxylic acids is 1. The number of hydrogen-bond acceptors (Lipinski definition) is 19. The van der Waals surface area contributed by atoms with Crippen LogP contribution in [0, 0.1) is 50.2 Å². The Morgan fingerprint density at radius 1 is 0.647 bits per heavy atom. The van der Waals surface area contributed by atoms with E-state index in [-0.39, 0.29) is 40.4 Å². The van der Waals surface area contributed by atoms with E-state index in [0.717, 1.165) is 12.8 Å². The Hall–Kier alpha value is -1.96. The molecular formula is C48H76O20. The van der Waals surface area contributed by atoms with Gasteiger partial charge in [-0.1, -0.05) is 60.1 Å². The number of hydrogen-bond donors (Lipinski definition) is 12. The third-order valence-electron chi connectivity index (χ3n) is 19.2. The monoisotopic (exact) mass is 972 g/mol. The van der Waals surface area contributed by atoms with Gasteiger partial charge >= 0.3 is 11.9 Å². The SMILES string of the molecule is CC1(C)CCC2(C(=O)OC3OC(CO)C(O)C(O)C3O)CCC3(C)C(=CCC4C5(C)CC(O)C(OC6OC(C(=O)O)C(O)C(OC7OC(CO)C(O)C(O)C7O)C6O)C(C)(C)C5CCC43C)C2C1. The number of carboxylic acids is 1. The normalized spacial score (nSPS) is 53.1. The van der Waals surface area contributed by atoms with Gasteiger partial charge in [-0.2, -0.15) is 0 Å².